The monoisotopic (exact) mass is 533 g/mol. The van der Waals surface area contributed by atoms with E-state index >= 15 is 0 Å². The van der Waals surface area contributed by atoms with Crippen LogP contribution >= 0.6 is 11.6 Å². The number of nitrogens with two attached hydrogens (primary N) is 1. The van der Waals surface area contributed by atoms with Gasteiger partial charge in [-0.15, -0.1) is 0 Å². The lowest BCUT2D eigenvalue weighted by Crippen LogP contribution is -2.52. The highest BCUT2D eigenvalue weighted by Crippen LogP contribution is 2.36. The smallest absolute Gasteiger partial charge is 0.271 e. The number of piperazine rings is 1. The van der Waals surface area contributed by atoms with E-state index in [1.807, 2.05) is 19.1 Å². The fourth-order valence-corrected chi connectivity index (χ4v) is 5.73. The Balaban J connectivity index is 1.41. The molecule has 5 rings (SSSR count). The summed E-state index contributed by atoms with van der Waals surface area (Å²) in [5, 5.41) is 3.52. The summed E-state index contributed by atoms with van der Waals surface area (Å²) in [4.78, 5) is 28.5. The number of carbonyl (C=O) groups is 1. The molecule has 0 atom stereocenters. The first-order valence-electron chi connectivity index (χ1n) is 13.4. The number of anilines is 3. The molecule has 8 nitrogen and oxygen atoms in total. The fraction of sp³-hybridized carbons (Fsp3) is 0.414. The van der Waals surface area contributed by atoms with Crippen molar-refractivity contribution in [2.45, 2.75) is 32.2 Å². The molecular formula is C29H36ClN7O. The van der Waals surface area contributed by atoms with Crippen LogP contribution in [0.2, 0.25) is 5.15 Å². The first-order valence-corrected chi connectivity index (χ1v) is 13.8. The maximum absolute atomic E-state index is 12.1. The van der Waals surface area contributed by atoms with Gasteiger partial charge in [-0.2, -0.15) is 0 Å². The zero-order valence-electron chi connectivity index (χ0n) is 22.2. The van der Waals surface area contributed by atoms with Gasteiger partial charge in [0.2, 0.25) is 0 Å². The first-order chi connectivity index (χ1) is 18.4. The number of aryl methyl sites for hydroxylation is 1. The Morgan fingerprint density at radius 1 is 1.03 bits per heavy atom. The number of hydrogen-bond donors (Lipinski definition) is 2. The van der Waals surface area contributed by atoms with Crippen molar-refractivity contribution < 1.29 is 4.79 Å². The molecule has 0 saturated carbocycles. The number of carbonyl (C=O) groups excluding carboxylic acids is 1. The zero-order chi connectivity index (χ0) is 26.6. The summed E-state index contributed by atoms with van der Waals surface area (Å²) in [6.45, 7) is 8.59. The number of amides is 1. The molecule has 0 radical (unpaired) electrons. The average molecular weight is 534 g/mol. The van der Waals surface area contributed by atoms with Gasteiger partial charge in [0.05, 0.1) is 5.69 Å². The number of primary amides is 1. The second-order valence-electron chi connectivity index (χ2n) is 10.2. The quantitative estimate of drug-likeness (QED) is 0.464. The number of aromatic nitrogens is 2. The predicted octanol–water partition coefficient (Wildman–Crippen LogP) is 4.42. The molecule has 0 spiro atoms. The first kappa shape index (κ1) is 26.4. The summed E-state index contributed by atoms with van der Waals surface area (Å²) in [5.41, 5.74) is 10.5. The predicted molar refractivity (Wildman–Crippen MR) is 154 cm³/mol. The lowest BCUT2D eigenvalue weighted by atomic mass is 9.98. The third-order valence-corrected chi connectivity index (χ3v) is 7.99. The molecule has 2 aromatic carbocycles. The molecule has 1 aromatic heterocycles. The molecule has 0 aliphatic carbocycles. The molecule has 3 N–H and O–H groups in total. The third kappa shape index (κ3) is 5.77. The van der Waals surface area contributed by atoms with Crippen LogP contribution in [-0.2, 0) is 6.42 Å². The minimum atomic E-state index is -0.644. The largest absolute Gasteiger partial charge is 0.371 e. The van der Waals surface area contributed by atoms with Crippen molar-refractivity contribution in [2.24, 2.45) is 5.73 Å². The number of nitrogens with zero attached hydrogens (tertiary/aromatic N) is 5. The van der Waals surface area contributed by atoms with Crippen LogP contribution in [0.5, 0.6) is 0 Å². The van der Waals surface area contributed by atoms with Crippen LogP contribution in [0, 0.1) is 0 Å². The minimum Gasteiger partial charge on any atom is -0.371 e. The molecule has 2 fully saturated rings. The Kier molecular flexibility index (Phi) is 8.12. The van der Waals surface area contributed by atoms with E-state index in [9.17, 15) is 4.79 Å². The molecule has 0 unspecified atom stereocenters. The van der Waals surface area contributed by atoms with E-state index in [1.165, 1.54) is 5.69 Å². The molecule has 200 valence electrons. The molecule has 38 heavy (non-hydrogen) atoms. The number of halogens is 1. The van der Waals surface area contributed by atoms with Crippen LogP contribution in [0.25, 0.3) is 11.1 Å². The van der Waals surface area contributed by atoms with Crippen LogP contribution in [0.3, 0.4) is 0 Å². The van der Waals surface area contributed by atoms with Gasteiger partial charge in [0.25, 0.3) is 5.91 Å². The SMILES string of the molecule is CCc1nc(C(N)=O)c(Nc2ccc(N3CCC(N4CCN(C)CC4)CC3)c(-c3ccccc3)c2)nc1Cl. The number of rotatable bonds is 7. The maximum Gasteiger partial charge on any atom is 0.271 e. The highest BCUT2D eigenvalue weighted by Gasteiger charge is 2.28. The number of nitrogens with one attached hydrogen (secondary N) is 1. The van der Waals surface area contributed by atoms with Gasteiger partial charge in [0.1, 0.15) is 0 Å². The normalized spacial score (nSPS) is 17.5. The van der Waals surface area contributed by atoms with E-state index in [-0.39, 0.29) is 16.7 Å². The molecule has 9 heteroatoms. The fourth-order valence-electron chi connectivity index (χ4n) is 5.47. The zero-order valence-corrected chi connectivity index (χ0v) is 22.9. The van der Waals surface area contributed by atoms with E-state index < -0.39 is 5.91 Å². The van der Waals surface area contributed by atoms with Gasteiger partial charge >= 0.3 is 0 Å². The van der Waals surface area contributed by atoms with Crippen molar-refractivity contribution in [3.63, 3.8) is 0 Å². The Morgan fingerprint density at radius 3 is 2.39 bits per heavy atom. The maximum atomic E-state index is 12.1. The lowest BCUT2D eigenvalue weighted by molar-refractivity contribution is 0.0982. The molecule has 2 aliphatic rings. The lowest BCUT2D eigenvalue weighted by Gasteiger charge is -2.43. The van der Waals surface area contributed by atoms with E-state index in [4.69, 9.17) is 17.3 Å². The highest BCUT2D eigenvalue weighted by molar-refractivity contribution is 6.30. The number of benzene rings is 2. The molecule has 0 bridgehead atoms. The summed E-state index contributed by atoms with van der Waals surface area (Å²) < 4.78 is 0. The minimum absolute atomic E-state index is 0.0857. The Morgan fingerprint density at radius 2 is 1.74 bits per heavy atom. The van der Waals surface area contributed by atoms with Crippen LogP contribution in [-0.4, -0.2) is 78.0 Å². The van der Waals surface area contributed by atoms with Crippen molar-refractivity contribution in [3.05, 3.63) is 65.1 Å². The summed E-state index contributed by atoms with van der Waals surface area (Å²) in [6, 6.07) is 17.3. The van der Waals surface area contributed by atoms with Gasteiger partial charge < -0.3 is 20.9 Å². The van der Waals surface area contributed by atoms with Crippen molar-refractivity contribution in [1.29, 1.82) is 0 Å². The van der Waals surface area contributed by atoms with E-state index in [0.29, 0.717) is 18.2 Å². The van der Waals surface area contributed by atoms with Crippen LogP contribution in [0.1, 0.15) is 35.9 Å². The molecule has 3 aromatic rings. The van der Waals surface area contributed by atoms with Crippen LogP contribution in [0.15, 0.2) is 48.5 Å². The van der Waals surface area contributed by atoms with Gasteiger partial charge in [0, 0.05) is 62.2 Å². The average Bonchev–Trinajstić information content (AvgIpc) is 2.94. The van der Waals surface area contributed by atoms with Gasteiger partial charge in [-0.25, -0.2) is 9.97 Å². The third-order valence-electron chi connectivity index (χ3n) is 7.69. The van der Waals surface area contributed by atoms with Gasteiger partial charge in [-0.1, -0.05) is 48.9 Å². The summed E-state index contributed by atoms with van der Waals surface area (Å²) in [6.07, 6.45) is 2.89. The Bertz CT molecular complexity index is 1270. The van der Waals surface area contributed by atoms with Crippen molar-refractivity contribution in [2.75, 3.05) is 56.5 Å². The van der Waals surface area contributed by atoms with E-state index in [0.717, 1.165) is 68.9 Å². The molecular weight excluding hydrogens is 498 g/mol. The van der Waals surface area contributed by atoms with Gasteiger partial charge in [-0.05, 0) is 50.1 Å². The van der Waals surface area contributed by atoms with Crippen LogP contribution in [0.4, 0.5) is 17.2 Å². The summed E-state index contributed by atoms with van der Waals surface area (Å²) >= 11 is 6.32. The summed E-state index contributed by atoms with van der Waals surface area (Å²) in [5.74, 6) is -0.381. The summed E-state index contributed by atoms with van der Waals surface area (Å²) in [7, 11) is 2.21. The standard InChI is InChI=1S/C29H36ClN7O/c1-3-24-27(30)34-29(26(33-24)28(31)38)32-21-9-10-25(23(19-21)20-7-5-4-6-8-20)37-13-11-22(12-14-37)36-17-15-35(2)16-18-36/h4-10,19,22H,3,11-18H2,1-2H3,(H2,31,38)(H,32,34). The Labute approximate surface area is 229 Å². The van der Waals surface area contributed by atoms with Crippen molar-refractivity contribution >= 4 is 34.7 Å². The molecule has 2 saturated heterocycles. The van der Waals surface area contributed by atoms with Gasteiger partial charge in [0.15, 0.2) is 16.7 Å². The highest BCUT2D eigenvalue weighted by atomic mass is 35.5. The van der Waals surface area contributed by atoms with E-state index in [1.54, 1.807) is 0 Å². The Hall–Kier alpha value is -3.20. The van der Waals surface area contributed by atoms with E-state index in [2.05, 4.69) is 73.4 Å². The molecule has 1 amide bonds. The number of hydrogen-bond acceptors (Lipinski definition) is 7. The molecule has 2 aliphatic heterocycles. The second-order valence-corrected chi connectivity index (χ2v) is 10.5. The van der Waals surface area contributed by atoms with Gasteiger partial charge in [-0.3, -0.25) is 9.69 Å². The topological polar surface area (TPSA) is 90.6 Å². The van der Waals surface area contributed by atoms with Crippen molar-refractivity contribution in [3.8, 4) is 11.1 Å². The van der Waals surface area contributed by atoms with Crippen LogP contribution < -0.4 is 16.0 Å². The number of piperidine rings is 1. The number of likely N-dealkylation sites (N-methyl/N-ethyl adjacent to an activating group) is 1. The second kappa shape index (κ2) is 11.7. The molecule has 3 heterocycles. The van der Waals surface area contributed by atoms with Crippen molar-refractivity contribution in [1.82, 2.24) is 19.8 Å².